The van der Waals surface area contributed by atoms with Crippen LogP contribution in [-0.4, -0.2) is 44.9 Å². The molecule has 1 saturated heterocycles. The number of aromatic nitrogens is 5. The highest BCUT2D eigenvalue weighted by molar-refractivity contribution is 5.88. The summed E-state index contributed by atoms with van der Waals surface area (Å²) in [7, 11) is 3.62. The van der Waals surface area contributed by atoms with Crippen molar-refractivity contribution in [2.45, 2.75) is 25.7 Å². The fourth-order valence-electron chi connectivity index (χ4n) is 4.21. The molecule has 4 aromatic rings. The van der Waals surface area contributed by atoms with Gasteiger partial charge in [0.1, 0.15) is 17.1 Å². The van der Waals surface area contributed by atoms with Crippen LogP contribution in [0.2, 0.25) is 0 Å². The number of methoxy groups -OCH3 is 1. The first-order valence-corrected chi connectivity index (χ1v) is 10.7. The molecule has 0 spiro atoms. The van der Waals surface area contributed by atoms with E-state index in [0.717, 1.165) is 58.1 Å². The smallest absolute Gasteiger partial charge is 0.155 e. The second-order valence-corrected chi connectivity index (χ2v) is 8.01. The Labute approximate surface area is 181 Å². The molecule has 0 saturated carbocycles. The monoisotopic (exact) mass is 414 g/mol. The maximum absolute atomic E-state index is 5.69. The lowest BCUT2D eigenvalue weighted by Crippen LogP contribution is -2.30. The van der Waals surface area contributed by atoms with Crippen LogP contribution in [0.25, 0.3) is 22.0 Å². The van der Waals surface area contributed by atoms with E-state index in [-0.39, 0.29) is 0 Å². The molecule has 0 N–H and O–H groups in total. The van der Waals surface area contributed by atoms with E-state index in [9.17, 15) is 0 Å². The first-order chi connectivity index (χ1) is 15.2. The summed E-state index contributed by atoms with van der Waals surface area (Å²) in [5, 5.41) is 5.29. The summed E-state index contributed by atoms with van der Waals surface area (Å²) in [6, 6.07) is 8.21. The van der Waals surface area contributed by atoms with Gasteiger partial charge in [-0.25, -0.2) is 15.0 Å². The maximum Gasteiger partial charge on any atom is 0.155 e. The van der Waals surface area contributed by atoms with Gasteiger partial charge < -0.3 is 9.64 Å². The molecule has 31 heavy (non-hydrogen) atoms. The summed E-state index contributed by atoms with van der Waals surface area (Å²) >= 11 is 0. The molecule has 1 aliphatic rings. The van der Waals surface area contributed by atoms with Crippen LogP contribution in [0.15, 0.2) is 49.1 Å². The normalized spacial score (nSPS) is 14.2. The third kappa shape index (κ3) is 3.95. The molecule has 7 heteroatoms. The van der Waals surface area contributed by atoms with Crippen LogP contribution < -0.4 is 9.64 Å². The van der Waals surface area contributed by atoms with Gasteiger partial charge in [-0.05, 0) is 37.0 Å². The van der Waals surface area contributed by atoms with E-state index in [0.29, 0.717) is 6.42 Å². The topological polar surface area (TPSA) is 69.0 Å². The molecule has 4 heterocycles. The molecule has 7 nitrogen and oxygen atoms in total. The van der Waals surface area contributed by atoms with Crippen molar-refractivity contribution in [1.82, 2.24) is 24.7 Å². The summed E-state index contributed by atoms with van der Waals surface area (Å²) in [6.07, 6.45) is 11.9. The van der Waals surface area contributed by atoms with E-state index < -0.39 is 0 Å². The molecule has 1 fully saturated rings. The molecule has 3 aromatic heterocycles. The standard InChI is InChI=1S/C24H26N6O/c1-29-16-20(15-27-29)17-6-7-18(21(12-17)31-2)13-22-26-14-19-8-9-25-24(23(19)28-22)30-10-4-3-5-11-30/h6-9,12,14-16H,3-5,10-11,13H2,1-2H3. The first-order valence-electron chi connectivity index (χ1n) is 10.7. The number of hydrogen-bond donors (Lipinski definition) is 0. The van der Waals surface area contributed by atoms with Gasteiger partial charge in [0.2, 0.25) is 0 Å². The van der Waals surface area contributed by atoms with Crippen LogP contribution >= 0.6 is 0 Å². The van der Waals surface area contributed by atoms with E-state index in [1.165, 1.54) is 19.3 Å². The number of benzene rings is 1. The highest BCUT2D eigenvalue weighted by atomic mass is 16.5. The third-order valence-corrected chi connectivity index (χ3v) is 5.86. The zero-order chi connectivity index (χ0) is 21.2. The molecule has 5 rings (SSSR count). The average molecular weight is 415 g/mol. The van der Waals surface area contributed by atoms with Gasteiger partial charge in [-0.2, -0.15) is 5.10 Å². The summed E-state index contributed by atoms with van der Waals surface area (Å²) in [5.74, 6) is 2.57. The van der Waals surface area contributed by atoms with Crippen LogP contribution in [0.4, 0.5) is 5.82 Å². The van der Waals surface area contributed by atoms with Crippen molar-refractivity contribution in [3.05, 3.63) is 60.4 Å². The molecular weight excluding hydrogens is 388 g/mol. The molecule has 1 aromatic carbocycles. The van der Waals surface area contributed by atoms with Gasteiger partial charge in [0, 0.05) is 61.7 Å². The molecular formula is C24H26N6O. The molecule has 0 bridgehead atoms. The molecule has 0 amide bonds. The lowest BCUT2D eigenvalue weighted by atomic mass is 10.0. The lowest BCUT2D eigenvalue weighted by molar-refractivity contribution is 0.410. The predicted molar refractivity (Wildman–Crippen MR) is 121 cm³/mol. The zero-order valence-corrected chi connectivity index (χ0v) is 18.0. The Kier molecular flexibility index (Phi) is 5.24. The number of rotatable bonds is 5. The summed E-state index contributed by atoms with van der Waals surface area (Å²) in [4.78, 5) is 16.6. The van der Waals surface area contributed by atoms with E-state index in [1.807, 2.05) is 44.0 Å². The quantitative estimate of drug-likeness (QED) is 0.491. The van der Waals surface area contributed by atoms with Crippen LogP contribution in [-0.2, 0) is 13.5 Å². The van der Waals surface area contributed by atoms with Crippen LogP contribution in [0, 0.1) is 0 Å². The van der Waals surface area contributed by atoms with Crippen molar-refractivity contribution in [2.75, 3.05) is 25.1 Å². The number of anilines is 1. The van der Waals surface area contributed by atoms with Gasteiger partial charge in [0.25, 0.3) is 0 Å². The van der Waals surface area contributed by atoms with Gasteiger partial charge in [-0.3, -0.25) is 4.68 Å². The fraction of sp³-hybridized carbons (Fsp3) is 0.333. The number of fused-ring (bicyclic) bond motifs is 1. The van der Waals surface area contributed by atoms with Crippen LogP contribution in [0.5, 0.6) is 5.75 Å². The van der Waals surface area contributed by atoms with Gasteiger partial charge in [-0.15, -0.1) is 0 Å². The van der Waals surface area contributed by atoms with E-state index in [4.69, 9.17) is 9.72 Å². The molecule has 0 unspecified atom stereocenters. The number of ether oxygens (including phenoxy) is 1. The molecule has 1 aliphatic heterocycles. The van der Waals surface area contributed by atoms with E-state index in [1.54, 1.807) is 11.8 Å². The Bertz CT molecular complexity index is 1210. The van der Waals surface area contributed by atoms with Crippen molar-refractivity contribution < 1.29 is 4.74 Å². The van der Waals surface area contributed by atoms with Gasteiger partial charge in [0.15, 0.2) is 5.82 Å². The fourth-order valence-corrected chi connectivity index (χ4v) is 4.21. The second kappa shape index (κ2) is 8.34. The Hall–Kier alpha value is -3.48. The van der Waals surface area contributed by atoms with Crippen LogP contribution in [0.1, 0.15) is 30.7 Å². The highest BCUT2D eigenvalue weighted by Gasteiger charge is 2.17. The molecule has 0 atom stereocenters. The van der Waals surface area contributed by atoms with Gasteiger partial charge in [0.05, 0.1) is 13.3 Å². The minimum absolute atomic E-state index is 0.598. The highest BCUT2D eigenvalue weighted by Crippen LogP contribution is 2.29. The lowest BCUT2D eigenvalue weighted by Gasteiger charge is -2.28. The third-order valence-electron chi connectivity index (χ3n) is 5.86. The molecule has 0 aliphatic carbocycles. The van der Waals surface area contributed by atoms with Crippen molar-refractivity contribution in [3.63, 3.8) is 0 Å². The number of nitrogens with zero attached hydrogens (tertiary/aromatic N) is 6. The SMILES string of the molecule is COc1cc(-c2cnn(C)c2)ccc1Cc1ncc2ccnc(N3CCCCC3)c2n1. The van der Waals surface area contributed by atoms with Crippen molar-refractivity contribution >= 4 is 16.7 Å². The minimum atomic E-state index is 0.598. The maximum atomic E-state index is 5.69. The molecule has 0 radical (unpaired) electrons. The van der Waals surface area contributed by atoms with E-state index >= 15 is 0 Å². The number of aryl methyl sites for hydroxylation is 1. The van der Waals surface area contributed by atoms with Crippen molar-refractivity contribution in [3.8, 4) is 16.9 Å². The van der Waals surface area contributed by atoms with E-state index in [2.05, 4.69) is 32.1 Å². The summed E-state index contributed by atoms with van der Waals surface area (Å²) in [5.41, 5.74) is 4.12. The van der Waals surface area contributed by atoms with Gasteiger partial charge >= 0.3 is 0 Å². The Morgan fingerprint density at radius 1 is 1.00 bits per heavy atom. The van der Waals surface area contributed by atoms with Crippen LogP contribution in [0.3, 0.4) is 0 Å². The Morgan fingerprint density at radius 3 is 2.65 bits per heavy atom. The number of pyridine rings is 1. The number of hydrogen-bond acceptors (Lipinski definition) is 6. The number of piperidine rings is 1. The minimum Gasteiger partial charge on any atom is -0.496 e. The predicted octanol–water partition coefficient (Wildman–Crippen LogP) is 4.02. The average Bonchev–Trinajstić information content (AvgIpc) is 3.25. The van der Waals surface area contributed by atoms with Crippen molar-refractivity contribution in [2.24, 2.45) is 7.05 Å². The van der Waals surface area contributed by atoms with Crippen molar-refractivity contribution in [1.29, 1.82) is 0 Å². The largest absolute Gasteiger partial charge is 0.496 e. The first kappa shape index (κ1) is 19.5. The van der Waals surface area contributed by atoms with Gasteiger partial charge in [-0.1, -0.05) is 12.1 Å². The summed E-state index contributed by atoms with van der Waals surface area (Å²) < 4.78 is 7.49. The Morgan fingerprint density at radius 2 is 1.87 bits per heavy atom. The summed E-state index contributed by atoms with van der Waals surface area (Å²) in [6.45, 7) is 2.07. The Balaban J connectivity index is 1.47. The zero-order valence-electron chi connectivity index (χ0n) is 18.0. The second-order valence-electron chi connectivity index (χ2n) is 8.01. The molecule has 158 valence electrons.